The van der Waals surface area contributed by atoms with Gasteiger partial charge in [0.05, 0.1) is 34.8 Å². The maximum Gasteiger partial charge on any atom is 0.227 e. The average molecular weight is 516 g/mol. The number of rotatable bonds is 5. The van der Waals surface area contributed by atoms with Crippen molar-refractivity contribution in [1.82, 2.24) is 40.1 Å². The van der Waals surface area contributed by atoms with Gasteiger partial charge in [-0.1, -0.05) is 25.3 Å². The summed E-state index contributed by atoms with van der Waals surface area (Å²) in [5.41, 5.74) is 6.99. The molecule has 0 spiro atoms. The molecule has 3 N–H and O–H groups in total. The van der Waals surface area contributed by atoms with Crippen molar-refractivity contribution >= 4 is 33.7 Å². The lowest BCUT2D eigenvalue weighted by Crippen LogP contribution is -2.24. The molecular weight excluding hydrogens is 490 g/mol. The number of anilines is 1. The highest BCUT2D eigenvalue weighted by molar-refractivity contribution is 5.97. The van der Waals surface area contributed by atoms with Gasteiger partial charge >= 0.3 is 0 Å². The van der Waals surface area contributed by atoms with Crippen LogP contribution in [0, 0.1) is 5.92 Å². The number of hydrogen-bond donors (Lipinski definition) is 3. The predicted octanol–water partition coefficient (Wildman–Crippen LogP) is 5.54. The largest absolute Gasteiger partial charge is 0.335 e. The summed E-state index contributed by atoms with van der Waals surface area (Å²) in [6.07, 6.45) is 15.8. The van der Waals surface area contributed by atoms with E-state index in [-0.39, 0.29) is 11.8 Å². The maximum absolute atomic E-state index is 12.8. The zero-order chi connectivity index (χ0) is 26.2. The number of imidazole rings is 1. The Morgan fingerprint density at radius 3 is 2.69 bits per heavy atom. The Morgan fingerprint density at radius 1 is 0.923 bits per heavy atom. The summed E-state index contributed by atoms with van der Waals surface area (Å²) in [5.74, 6) is 0.740. The van der Waals surface area contributed by atoms with E-state index in [0.717, 1.165) is 64.5 Å². The Kier molecular flexibility index (Phi) is 5.77. The molecule has 6 aromatic heterocycles. The first-order valence-corrected chi connectivity index (χ1v) is 13.1. The molecule has 0 bridgehead atoms. The van der Waals surface area contributed by atoms with Gasteiger partial charge in [0.25, 0.3) is 0 Å². The van der Waals surface area contributed by atoms with Crippen LogP contribution >= 0.6 is 0 Å². The van der Waals surface area contributed by atoms with E-state index in [4.69, 9.17) is 4.98 Å². The van der Waals surface area contributed by atoms with Crippen LogP contribution in [0.5, 0.6) is 0 Å². The van der Waals surface area contributed by atoms with Gasteiger partial charge in [-0.15, -0.1) is 0 Å². The van der Waals surface area contributed by atoms with Crippen LogP contribution in [-0.4, -0.2) is 46.0 Å². The van der Waals surface area contributed by atoms with Crippen molar-refractivity contribution in [3.8, 4) is 33.9 Å². The lowest BCUT2D eigenvalue weighted by atomic mass is 9.88. The lowest BCUT2D eigenvalue weighted by molar-refractivity contribution is -0.120. The van der Waals surface area contributed by atoms with Gasteiger partial charge in [0.1, 0.15) is 5.69 Å². The zero-order valence-corrected chi connectivity index (χ0v) is 21.1. The summed E-state index contributed by atoms with van der Waals surface area (Å²) in [5, 5.41) is 11.5. The highest BCUT2D eigenvalue weighted by Gasteiger charge is 2.21. The number of amides is 1. The van der Waals surface area contributed by atoms with Crippen LogP contribution in [0.1, 0.15) is 32.1 Å². The van der Waals surface area contributed by atoms with E-state index in [0.29, 0.717) is 22.9 Å². The predicted molar refractivity (Wildman–Crippen MR) is 148 cm³/mol. The minimum absolute atomic E-state index is 0.0679. The summed E-state index contributed by atoms with van der Waals surface area (Å²) in [6, 6.07) is 9.72. The van der Waals surface area contributed by atoms with E-state index >= 15 is 0 Å². The van der Waals surface area contributed by atoms with Gasteiger partial charge in [-0.05, 0) is 37.1 Å². The van der Waals surface area contributed by atoms with Gasteiger partial charge in [-0.3, -0.25) is 24.8 Å². The van der Waals surface area contributed by atoms with Gasteiger partial charge < -0.3 is 10.3 Å². The molecule has 6 heterocycles. The first kappa shape index (κ1) is 23.2. The summed E-state index contributed by atoms with van der Waals surface area (Å²) in [7, 11) is 0. The fourth-order valence-electron chi connectivity index (χ4n) is 5.30. The molecule has 1 saturated carbocycles. The van der Waals surface area contributed by atoms with Crippen molar-refractivity contribution < 1.29 is 4.79 Å². The summed E-state index contributed by atoms with van der Waals surface area (Å²) in [6.45, 7) is 0. The molecule has 0 radical (unpaired) electrons. The second-order valence-electron chi connectivity index (χ2n) is 9.86. The summed E-state index contributed by atoms with van der Waals surface area (Å²) in [4.78, 5) is 38.6. The molecule has 10 heteroatoms. The Morgan fingerprint density at radius 2 is 1.82 bits per heavy atom. The van der Waals surface area contributed by atoms with Gasteiger partial charge in [0.15, 0.2) is 11.5 Å². The van der Waals surface area contributed by atoms with E-state index in [1.807, 2.05) is 36.5 Å². The molecule has 0 aliphatic heterocycles. The SMILES string of the molecule is O=C(Nc1cncc(-c2cc3c(-c4nc5nccc(-c6cccnc6)c5[nH]4)n[nH]c3cn2)c1)C1CCCCC1. The lowest BCUT2D eigenvalue weighted by Gasteiger charge is -2.20. The van der Waals surface area contributed by atoms with Crippen LogP contribution in [0.25, 0.3) is 56.0 Å². The van der Waals surface area contributed by atoms with E-state index < -0.39 is 0 Å². The van der Waals surface area contributed by atoms with Crippen LogP contribution in [0.2, 0.25) is 0 Å². The number of H-pyrrole nitrogens is 2. The van der Waals surface area contributed by atoms with E-state index in [9.17, 15) is 4.79 Å². The minimum Gasteiger partial charge on any atom is -0.335 e. The van der Waals surface area contributed by atoms with Gasteiger partial charge in [0, 0.05) is 52.8 Å². The number of aromatic nitrogens is 8. The molecule has 1 amide bonds. The van der Waals surface area contributed by atoms with Crippen molar-refractivity contribution in [3.63, 3.8) is 0 Å². The summed E-state index contributed by atoms with van der Waals surface area (Å²) < 4.78 is 0. The molecule has 0 atom stereocenters. The smallest absolute Gasteiger partial charge is 0.227 e. The Labute approximate surface area is 223 Å². The maximum atomic E-state index is 12.8. The molecule has 1 fully saturated rings. The monoisotopic (exact) mass is 515 g/mol. The van der Waals surface area contributed by atoms with Crippen LogP contribution in [0.4, 0.5) is 5.69 Å². The molecule has 0 unspecified atom stereocenters. The quantitative estimate of drug-likeness (QED) is 0.274. The van der Waals surface area contributed by atoms with E-state index in [1.54, 1.807) is 31.0 Å². The van der Waals surface area contributed by atoms with Gasteiger partial charge in [-0.25, -0.2) is 9.97 Å². The summed E-state index contributed by atoms with van der Waals surface area (Å²) >= 11 is 0. The molecular formula is C29H25N9O. The van der Waals surface area contributed by atoms with Crippen LogP contribution in [0.15, 0.2) is 67.5 Å². The van der Waals surface area contributed by atoms with E-state index in [1.165, 1.54) is 6.42 Å². The zero-order valence-electron chi connectivity index (χ0n) is 21.1. The third kappa shape index (κ3) is 4.39. The molecule has 10 nitrogen and oxygen atoms in total. The number of nitrogens with zero attached hydrogens (tertiary/aromatic N) is 6. The fourth-order valence-corrected chi connectivity index (χ4v) is 5.30. The first-order chi connectivity index (χ1) is 19.2. The van der Waals surface area contributed by atoms with Gasteiger partial charge in [0.2, 0.25) is 5.91 Å². The van der Waals surface area contributed by atoms with Crippen molar-refractivity contribution in [2.75, 3.05) is 5.32 Å². The molecule has 0 aromatic carbocycles. The average Bonchev–Trinajstić information content (AvgIpc) is 3.62. The molecule has 7 rings (SSSR count). The van der Waals surface area contributed by atoms with Crippen LogP contribution < -0.4 is 5.32 Å². The molecule has 0 saturated heterocycles. The Hall–Kier alpha value is -4.99. The van der Waals surface area contributed by atoms with Gasteiger partial charge in [-0.2, -0.15) is 5.10 Å². The number of aromatic amines is 2. The first-order valence-electron chi connectivity index (χ1n) is 13.1. The second kappa shape index (κ2) is 9.71. The number of carbonyl (C=O) groups excluding carboxylic acids is 1. The molecule has 39 heavy (non-hydrogen) atoms. The molecule has 192 valence electrons. The van der Waals surface area contributed by atoms with Crippen LogP contribution in [0.3, 0.4) is 0 Å². The standard InChI is InChI=1S/C29H25N9O/c39-29(17-5-2-1-3-6-17)34-20-11-19(14-31-15-20)23-12-22-24(16-33-23)37-38-26(22)28-35-25-21(8-10-32-27(25)36-28)18-7-4-9-30-13-18/h4,7-17H,1-3,5-6H2,(H,34,39)(H,37,38)(H,32,35,36). The highest BCUT2D eigenvalue weighted by Crippen LogP contribution is 2.32. The number of fused-ring (bicyclic) bond motifs is 2. The number of pyridine rings is 4. The second-order valence-corrected chi connectivity index (χ2v) is 9.86. The van der Waals surface area contributed by atoms with Crippen molar-refractivity contribution in [1.29, 1.82) is 0 Å². The number of hydrogen-bond acceptors (Lipinski definition) is 7. The number of carbonyl (C=O) groups is 1. The highest BCUT2D eigenvalue weighted by atomic mass is 16.1. The molecule has 1 aliphatic carbocycles. The minimum atomic E-state index is 0.0679. The van der Waals surface area contributed by atoms with Crippen LogP contribution in [-0.2, 0) is 4.79 Å². The van der Waals surface area contributed by atoms with Crippen molar-refractivity contribution in [2.24, 2.45) is 5.92 Å². The van der Waals surface area contributed by atoms with Crippen molar-refractivity contribution in [3.05, 3.63) is 67.5 Å². The fraction of sp³-hybridized carbons (Fsp3) is 0.207. The van der Waals surface area contributed by atoms with Crippen molar-refractivity contribution in [2.45, 2.75) is 32.1 Å². The topological polar surface area (TPSA) is 138 Å². The molecule has 6 aromatic rings. The van der Waals surface area contributed by atoms with E-state index in [2.05, 4.69) is 40.4 Å². The normalized spacial score (nSPS) is 14.2. The third-order valence-corrected chi connectivity index (χ3v) is 7.31. The Balaban J connectivity index is 1.23. The number of nitrogens with one attached hydrogen (secondary N) is 3. The third-order valence-electron chi connectivity index (χ3n) is 7.31. The molecule has 1 aliphatic rings. The Bertz CT molecular complexity index is 1800.